The number of nitrogens with zero attached hydrogens (tertiary/aromatic N) is 1. The fourth-order valence-electron chi connectivity index (χ4n) is 3.35. The van der Waals surface area contributed by atoms with Crippen LogP contribution in [0.4, 0.5) is 5.69 Å². The van der Waals surface area contributed by atoms with E-state index in [0.29, 0.717) is 17.4 Å². The molecule has 0 N–H and O–H groups in total. The average molecular weight is 562 g/mol. The minimum absolute atomic E-state index is 0.0727. The van der Waals surface area contributed by atoms with Crippen LogP contribution in [0, 0.1) is 10.1 Å². The Bertz CT molecular complexity index is 1390. The van der Waals surface area contributed by atoms with Gasteiger partial charge in [-0.3, -0.25) is 10.1 Å². The van der Waals surface area contributed by atoms with Crippen molar-refractivity contribution in [1.82, 2.24) is 0 Å². The van der Waals surface area contributed by atoms with Crippen molar-refractivity contribution in [1.29, 1.82) is 0 Å². The molecular weight excluding hydrogens is 538 g/mol. The lowest BCUT2D eigenvalue weighted by atomic mass is 9.87. The van der Waals surface area contributed by atoms with E-state index >= 15 is 0 Å². The first-order valence-corrected chi connectivity index (χ1v) is 14.6. The lowest BCUT2D eigenvalue weighted by Crippen LogP contribution is -2.17. The van der Waals surface area contributed by atoms with Crippen LogP contribution in [-0.2, 0) is 26.4 Å². The van der Waals surface area contributed by atoms with E-state index in [9.17, 15) is 23.1 Å². The molecule has 0 amide bonds. The molecule has 4 aromatic rings. The first-order valence-electron chi connectivity index (χ1n) is 10.7. The van der Waals surface area contributed by atoms with Crippen molar-refractivity contribution in [3.8, 4) is 0 Å². The predicted octanol–water partition coefficient (Wildman–Crippen LogP) is 7.29. The molecule has 3 aromatic carbocycles. The van der Waals surface area contributed by atoms with Crippen LogP contribution in [0.3, 0.4) is 0 Å². The smallest absolute Gasteiger partial charge is 0.300 e. The van der Waals surface area contributed by atoms with E-state index in [-0.39, 0.29) is 20.6 Å². The van der Waals surface area contributed by atoms with Gasteiger partial charge in [0.1, 0.15) is 14.3 Å². The Morgan fingerprint density at radius 3 is 1.72 bits per heavy atom. The van der Waals surface area contributed by atoms with Gasteiger partial charge < -0.3 is 4.55 Å². The van der Waals surface area contributed by atoms with E-state index < -0.39 is 24.9 Å². The van der Waals surface area contributed by atoms with Crippen molar-refractivity contribution < 1.29 is 17.9 Å². The van der Waals surface area contributed by atoms with E-state index in [0.717, 1.165) is 0 Å². The summed E-state index contributed by atoms with van der Waals surface area (Å²) in [5, 5.41) is 10.2. The molecule has 0 fully saturated rings. The van der Waals surface area contributed by atoms with Crippen LogP contribution < -0.4 is 0 Å². The molecule has 0 radical (unpaired) electrons. The van der Waals surface area contributed by atoms with Gasteiger partial charge in [0.05, 0.1) is 15.8 Å². The van der Waals surface area contributed by atoms with E-state index in [2.05, 4.69) is 106 Å². The van der Waals surface area contributed by atoms with Crippen LogP contribution in [0.15, 0.2) is 110 Å². The summed E-state index contributed by atoms with van der Waals surface area (Å²) in [6.07, 6.45) is 0. The number of hydrogen-bond acceptors (Lipinski definition) is 6. The number of hydrogen-bond donors (Lipinski definition) is 0. The van der Waals surface area contributed by atoms with Gasteiger partial charge in [-0.15, -0.1) is 11.3 Å². The molecule has 6 nitrogen and oxygen atoms in total. The van der Waals surface area contributed by atoms with Crippen LogP contribution in [0.2, 0.25) is 4.34 Å². The Morgan fingerprint density at radius 1 is 0.861 bits per heavy atom. The van der Waals surface area contributed by atoms with Gasteiger partial charge in [0.2, 0.25) is 0 Å². The first kappa shape index (κ1) is 27.9. The molecule has 0 saturated carbocycles. The van der Waals surface area contributed by atoms with Crippen molar-refractivity contribution in [3.63, 3.8) is 0 Å². The average Bonchev–Trinajstić information content (AvgIpc) is 3.23. The van der Waals surface area contributed by atoms with E-state index in [1.54, 1.807) is 0 Å². The number of benzene rings is 3. The van der Waals surface area contributed by atoms with Gasteiger partial charge in [-0.2, -0.15) is 0 Å². The van der Waals surface area contributed by atoms with Crippen molar-refractivity contribution in [2.45, 2.75) is 45.1 Å². The Kier molecular flexibility index (Phi) is 8.97. The Hall–Kier alpha value is -2.69. The summed E-state index contributed by atoms with van der Waals surface area (Å²) in [5.74, 6) is 0. The molecule has 0 atom stereocenters. The fourth-order valence-corrected chi connectivity index (χ4v) is 7.81. The zero-order valence-electron chi connectivity index (χ0n) is 19.8. The molecule has 0 aliphatic heterocycles. The molecule has 0 aliphatic rings. The summed E-state index contributed by atoms with van der Waals surface area (Å²) in [4.78, 5) is 13.5. The number of thiophene rings is 1. The quantitative estimate of drug-likeness (QED) is 0.110. The zero-order chi connectivity index (χ0) is 26.5. The standard InChI is InChI=1S/C22H23S.C4H2ClNO5S2/c1-22(2,3)20-16-10-11-17-21(20)23(18-12-6-4-7-13-18)19-14-8-5-9-15-19;5-4-2(6(7)8)1-3(12-4)13(9,10)11/h4-17H,1-3H3;1H,(H,9,10,11)/q+1;/p-1. The molecule has 1 aromatic heterocycles. The van der Waals surface area contributed by atoms with Gasteiger partial charge in [0, 0.05) is 11.6 Å². The fraction of sp³-hybridized carbons (Fsp3) is 0.154. The highest BCUT2D eigenvalue weighted by atomic mass is 35.5. The molecule has 0 bridgehead atoms. The monoisotopic (exact) mass is 561 g/mol. The second-order valence-corrected chi connectivity index (χ2v) is 13.9. The summed E-state index contributed by atoms with van der Waals surface area (Å²) in [6.45, 7) is 6.88. The van der Waals surface area contributed by atoms with Crippen LogP contribution in [0.5, 0.6) is 0 Å². The molecule has 188 valence electrons. The predicted molar refractivity (Wildman–Crippen MR) is 144 cm³/mol. The van der Waals surface area contributed by atoms with Crippen LogP contribution >= 0.6 is 22.9 Å². The number of halogens is 1. The summed E-state index contributed by atoms with van der Waals surface area (Å²) in [7, 11) is -4.73. The maximum atomic E-state index is 10.4. The van der Waals surface area contributed by atoms with E-state index in [1.807, 2.05) is 0 Å². The maximum Gasteiger partial charge on any atom is 0.300 e. The molecule has 4 rings (SSSR count). The number of nitro groups is 1. The van der Waals surface area contributed by atoms with Gasteiger partial charge in [0.15, 0.2) is 19.0 Å². The third-order valence-electron chi connectivity index (χ3n) is 4.96. The summed E-state index contributed by atoms with van der Waals surface area (Å²) in [6, 6.07) is 31.2. The highest BCUT2D eigenvalue weighted by molar-refractivity contribution is 7.97. The normalized spacial score (nSPS) is 11.6. The van der Waals surface area contributed by atoms with E-state index in [1.165, 1.54) is 20.2 Å². The molecule has 0 spiro atoms. The Morgan fingerprint density at radius 2 is 1.33 bits per heavy atom. The zero-order valence-corrected chi connectivity index (χ0v) is 23.0. The molecular formula is C26H24ClNO5S3. The highest BCUT2D eigenvalue weighted by Gasteiger charge is 2.33. The largest absolute Gasteiger partial charge is 0.743 e. The van der Waals surface area contributed by atoms with Gasteiger partial charge in [-0.05, 0) is 35.7 Å². The van der Waals surface area contributed by atoms with Crippen molar-refractivity contribution in [3.05, 3.63) is 111 Å². The van der Waals surface area contributed by atoms with Gasteiger partial charge in [-0.25, -0.2) is 8.42 Å². The van der Waals surface area contributed by atoms with Gasteiger partial charge in [0.25, 0.3) is 5.69 Å². The second-order valence-electron chi connectivity index (χ2n) is 8.61. The second kappa shape index (κ2) is 11.6. The van der Waals surface area contributed by atoms with Crippen molar-refractivity contribution in [2.75, 3.05) is 0 Å². The molecule has 36 heavy (non-hydrogen) atoms. The van der Waals surface area contributed by atoms with Crippen molar-refractivity contribution >= 4 is 49.6 Å². The van der Waals surface area contributed by atoms with Crippen LogP contribution in [0.1, 0.15) is 26.3 Å². The highest BCUT2D eigenvalue weighted by Crippen LogP contribution is 2.38. The van der Waals surface area contributed by atoms with Crippen LogP contribution in [-0.4, -0.2) is 17.9 Å². The Labute approximate surface area is 222 Å². The topological polar surface area (TPSA) is 100 Å². The SMILES string of the molecule is CC(C)(C)c1ccccc1[S+](c1ccccc1)c1ccccc1.O=[N+]([O-])c1cc(S(=O)(=O)[O-])sc1Cl. The maximum absolute atomic E-state index is 10.4. The molecule has 0 aliphatic carbocycles. The minimum atomic E-state index is -4.66. The molecule has 10 heteroatoms. The lowest BCUT2D eigenvalue weighted by molar-refractivity contribution is -0.384. The molecule has 1 heterocycles. The molecule has 0 unspecified atom stereocenters. The Balaban J connectivity index is 0.000000236. The van der Waals surface area contributed by atoms with E-state index in [4.69, 9.17) is 11.6 Å². The third-order valence-corrected chi connectivity index (χ3v) is 9.85. The lowest BCUT2D eigenvalue weighted by Gasteiger charge is -2.22. The summed E-state index contributed by atoms with van der Waals surface area (Å²) >= 11 is 5.69. The molecule has 0 saturated heterocycles. The van der Waals surface area contributed by atoms with Crippen LogP contribution in [0.25, 0.3) is 0 Å². The summed E-state index contributed by atoms with van der Waals surface area (Å²) in [5.41, 5.74) is 0.989. The van der Waals surface area contributed by atoms with Crippen molar-refractivity contribution in [2.24, 2.45) is 0 Å². The first-order chi connectivity index (χ1) is 16.9. The van der Waals surface area contributed by atoms with Gasteiger partial charge in [-0.1, -0.05) is 87.0 Å². The third kappa shape index (κ3) is 6.96. The summed E-state index contributed by atoms with van der Waals surface area (Å²) < 4.78 is 30.2. The minimum Gasteiger partial charge on any atom is -0.743 e. The van der Waals surface area contributed by atoms with Gasteiger partial charge >= 0.3 is 0 Å². The number of rotatable bonds is 5.